The van der Waals surface area contributed by atoms with Crippen LogP contribution in [0.4, 0.5) is 0 Å². The molecule has 1 fully saturated rings. The summed E-state index contributed by atoms with van der Waals surface area (Å²) in [6.45, 7) is 2.84. The third kappa shape index (κ3) is 4.44. The Labute approximate surface area is 133 Å². The van der Waals surface area contributed by atoms with Gasteiger partial charge in [0, 0.05) is 18.8 Å². The summed E-state index contributed by atoms with van der Waals surface area (Å²) < 4.78 is 8.04. The molecule has 6 heteroatoms. The number of halogens is 1. The van der Waals surface area contributed by atoms with Gasteiger partial charge in [-0.3, -0.25) is 14.8 Å². The molecular formula is C14H22IN3O2. The lowest BCUT2D eigenvalue weighted by molar-refractivity contribution is -0.148. The number of carbonyl (C=O) groups is 1. The second kappa shape index (κ2) is 6.89. The Morgan fingerprint density at radius 1 is 1.60 bits per heavy atom. The van der Waals surface area contributed by atoms with E-state index in [2.05, 4.69) is 33.0 Å². The third-order valence-electron chi connectivity index (χ3n) is 3.65. The molecule has 1 aliphatic carbocycles. The van der Waals surface area contributed by atoms with Gasteiger partial charge >= 0.3 is 5.97 Å². The van der Waals surface area contributed by atoms with E-state index in [4.69, 9.17) is 4.74 Å². The van der Waals surface area contributed by atoms with Crippen molar-refractivity contribution >= 4 is 28.6 Å². The Bertz CT molecular complexity index is 459. The first-order valence-electron chi connectivity index (χ1n) is 7.07. The van der Waals surface area contributed by atoms with E-state index < -0.39 is 5.54 Å². The summed E-state index contributed by atoms with van der Waals surface area (Å²) in [4.78, 5) is 12.0. The average molecular weight is 391 g/mol. The third-order valence-corrected chi connectivity index (χ3v) is 4.21. The second-order valence-corrected chi connectivity index (χ2v) is 6.87. The van der Waals surface area contributed by atoms with Crippen LogP contribution in [0, 0.1) is 3.57 Å². The van der Waals surface area contributed by atoms with E-state index in [1.54, 1.807) is 0 Å². The Kier molecular flexibility index (Phi) is 5.42. The highest BCUT2D eigenvalue weighted by molar-refractivity contribution is 14.1. The van der Waals surface area contributed by atoms with Crippen LogP contribution in [0.5, 0.6) is 0 Å². The molecule has 1 unspecified atom stereocenters. The molecule has 0 saturated heterocycles. The Hall–Kier alpha value is -0.630. The van der Waals surface area contributed by atoms with Crippen LogP contribution in [-0.4, -0.2) is 34.4 Å². The van der Waals surface area contributed by atoms with E-state index >= 15 is 0 Å². The van der Waals surface area contributed by atoms with Gasteiger partial charge in [0.25, 0.3) is 0 Å². The fourth-order valence-electron chi connectivity index (χ4n) is 2.35. The highest BCUT2D eigenvalue weighted by Crippen LogP contribution is 2.26. The van der Waals surface area contributed by atoms with Gasteiger partial charge in [-0.1, -0.05) is 0 Å². The van der Waals surface area contributed by atoms with E-state index in [1.165, 1.54) is 7.11 Å². The van der Waals surface area contributed by atoms with Gasteiger partial charge in [-0.15, -0.1) is 0 Å². The molecule has 1 aromatic rings. The van der Waals surface area contributed by atoms with Crippen molar-refractivity contribution in [3.05, 3.63) is 16.0 Å². The van der Waals surface area contributed by atoms with E-state index in [-0.39, 0.29) is 5.97 Å². The summed E-state index contributed by atoms with van der Waals surface area (Å²) in [5.41, 5.74) is -0.547. The van der Waals surface area contributed by atoms with Gasteiger partial charge in [0.05, 0.1) is 16.9 Å². The Morgan fingerprint density at radius 3 is 2.90 bits per heavy atom. The van der Waals surface area contributed by atoms with E-state index in [1.807, 2.05) is 24.0 Å². The minimum absolute atomic E-state index is 0.155. The first-order chi connectivity index (χ1) is 9.53. The molecule has 1 aromatic heterocycles. The highest BCUT2D eigenvalue weighted by atomic mass is 127. The zero-order chi connectivity index (χ0) is 14.6. The molecule has 0 bridgehead atoms. The van der Waals surface area contributed by atoms with E-state index in [0.717, 1.165) is 42.2 Å². The number of nitrogens with one attached hydrogen (secondary N) is 1. The maximum atomic E-state index is 12.0. The van der Waals surface area contributed by atoms with Crippen LogP contribution in [0.2, 0.25) is 0 Å². The standard InChI is InChI=1S/C14H22IN3O2/c1-14(13(19)20-2,17-12-5-6-12)7-3-4-8-18-10-11(15)9-16-18/h9-10,12,17H,3-8H2,1-2H3. The zero-order valence-corrected chi connectivity index (χ0v) is 14.2. The summed E-state index contributed by atoms with van der Waals surface area (Å²) in [7, 11) is 1.46. The lowest BCUT2D eigenvalue weighted by Gasteiger charge is -2.28. The number of aryl methyl sites for hydroxylation is 1. The number of hydrogen-bond acceptors (Lipinski definition) is 4. The number of unbranched alkanes of at least 4 members (excludes halogenated alkanes) is 1. The molecule has 0 spiro atoms. The van der Waals surface area contributed by atoms with Crippen molar-refractivity contribution in [2.24, 2.45) is 0 Å². The number of esters is 1. The van der Waals surface area contributed by atoms with Crippen LogP contribution in [0.1, 0.15) is 39.0 Å². The maximum Gasteiger partial charge on any atom is 0.325 e. The van der Waals surface area contributed by atoms with Crippen LogP contribution in [-0.2, 0) is 16.1 Å². The smallest absolute Gasteiger partial charge is 0.325 e. The first-order valence-corrected chi connectivity index (χ1v) is 8.15. The van der Waals surface area contributed by atoms with Crippen LogP contribution in [0.15, 0.2) is 12.4 Å². The largest absolute Gasteiger partial charge is 0.468 e. The number of rotatable bonds is 8. The molecule has 0 amide bonds. The molecule has 0 aromatic carbocycles. The predicted octanol–water partition coefficient (Wildman–Crippen LogP) is 2.34. The molecule has 112 valence electrons. The van der Waals surface area contributed by atoms with Gasteiger partial charge in [-0.2, -0.15) is 5.10 Å². The van der Waals surface area contributed by atoms with Crippen LogP contribution < -0.4 is 5.32 Å². The predicted molar refractivity (Wildman–Crippen MR) is 85.4 cm³/mol. The van der Waals surface area contributed by atoms with Crippen LogP contribution >= 0.6 is 22.6 Å². The van der Waals surface area contributed by atoms with Gasteiger partial charge in [0.1, 0.15) is 5.54 Å². The van der Waals surface area contributed by atoms with Crippen molar-refractivity contribution in [1.29, 1.82) is 0 Å². The summed E-state index contributed by atoms with van der Waals surface area (Å²) in [6, 6.07) is 0.492. The summed E-state index contributed by atoms with van der Waals surface area (Å²) in [6.07, 6.45) is 9.00. The van der Waals surface area contributed by atoms with E-state index in [0.29, 0.717) is 6.04 Å². The van der Waals surface area contributed by atoms with Crippen molar-refractivity contribution in [2.75, 3.05) is 7.11 Å². The zero-order valence-electron chi connectivity index (χ0n) is 12.1. The van der Waals surface area contributed by atoms with Crippen molar-refractivity contribution in [3.63, 3.8) is 0 Å². The molecule has 1 heterocycles. The lowest BCUT2D eigenvalue weighted by Crippen LogP contribution is -2.51. The topological polar surface area (TPSA) is 56.2 Å². The number of carbonyl (C=O) groups excluding carboxylic acids is 1. The van der Waals surface area contributed by atoms with E-state index in [9.17, 15) is 4.79 Å². The van der Waals surface area contributed by atoms with Gasteiger partial charge in [-0.05, 0) is 61.6 Å². The average Bonchev–Trinajstić information content (AvgIpc) is 3.14. The summed E-state index contributed by atoms with van der Waals surface area (Å²) in [5, 5.41) is 7.68. The molecule has 1 aliphatic rings. The van der Waals surface area contributed by atoms with Gasteiger partial charge in [-0.25, -0.2) is 0 Å². The number of hydrogen-bond donors (Lipinski definition) is 1. The fraction of sp³-hybridized carbons (Fsp3) is 0.714. The van der Waals surface area contributed by atoms with Gasteiger partial charge in [0.2, 0.25) is 0 Å². The molecule has 0 radical (unpaired) electrons. The molecule has 0 aliphatic heterocycles. The Balaban J connectivity index is 1.77. The number of aromatic nitrogens is 2. The summed E-state index contributed by atoms with van der Waals surface area (Å²) >= 11 is 2.25. The van der Waals surface area contributed by atoms with Gasteiger partial charge in [0.15, 0.2) is 0 Å². The first kappa shape index (κ1) is 15.8. The lowest BCUT2D eigenvalue weighted by atomic mass is 9.94. The van der Waals surface area contributed by atoms with Crippen molar-refractivity contribution in [3.8, 4) is 0 Å². The molecule has 5 nitrogen and oxygen atoms in total. The van der Waals surface area contributed by atoms with Crippen molar-refractivity contribution in [1.82, 2.24) is 15.1 Å². The van der Waals surface area contributed by atoms with Crippen molar-refractivity contribution in [2.45, 2.75) is 57.2 Å². The molecule has 1 N–H and O–H groups in total. The normalized spacial score (nSPS) is 17.8. The minimum atomic E-state index is -0.547. The minimum Gasteiger partial charge on any atom is -0.468 e. The summed E-state index contributed by atoms with van der Waals surface area (Å²) in [5.74, 6) is -0.155. The fourth-order valence-corrected chi connectivity index (χ4v) is 2.80. The molecule has 1 saturated carbocycles. The second-order valence-electron chi connectivity index (χ2n) is 5.62. The van der Waals surface area contributed by atoms with Crippen LogP contribution in [0.25, 0.3) is 0 Å². The van der Waals surface area contributed by atoms with Gasteiger partial charge < -0.3 is 4.74 Å². The number of ether oxygens (including phenoxy) is 1. The molecular weight excluding hydrogens is 369 g/mol. The monoisotopic (exact) mass is 391 g/mol. The number of nitrogens with zero attached hydrogens (tertiary/aromatic N) is 2. The quantitative estimate of drug-likeness (QED) is 0.420. The molecule has 2 rings (SSSR count). The number of methoxy groups -OCH3 is 1. The maximum absolute atomic E-state index is 12.0. The molecule has 20 heavy (non-hydrogen) atoms. The van der Waals surface area contributed by atoms with Crippen molar-refractivity contribution < 1.29 is 9.53 Å². The SMILES string of the molecule is COC(=O)C(C)(CCCCn1cc(I)cn1)NC1CC1. The highest BCUT2D eigenvalue weighted by Gasteiger charge is 2.38. The Morgan fingerprint density at radius 2 is 2.35 bits per heavy atom. The van der Waals surface area contributed by atoms with Crippen LogP contribution in [0.3, 0.4) is 0 Å². The molecule has 1 atom stereocenters.